The van der Waals surface area contributed by atoms with E-state index in [1.54, 1.807) is 18.2 Å². The summed E-state index contributed by atoms with van der Waals surface area (Å²) in [5.74, 6) is 0.113. The zero-order chi connectivity index (χ0) is 25.4. The number of nitrogen functional groups attached to an aromatic ring is 1. The molecule has 3 aromatic carbocycles. The molecule has 2 aromatic heterocycles. The molecule has 5 rings (SSSR count). The SMILES string of the molecule is COc1ccc(Cl)cc1NC(=O)c1sc2nc(-c3ccc(C)cc3)cc(-c3ccccc3Cl)c2c1N. The minimum absolute atomic E-state index is 0.339. The first-order valence-corrected chi connectivity index (χ1v) is 12.6. The number of nitrogens with one attached hydrogen (secondary N) is 1. The lowest BCUT2D eigenvalue weighted by Crippen LogP contribution is -2.12. The van der Waals surface area contributed by atoms with Gasteiger partial charge in [0.1, 0.15) is 15.5 Å². The summed E-state index contributed by atoms with van der Waals surface area (Å²) in [5.41, 5.74) is 11.9. The van der Waals surface area contributed by atoms with Crippen LogP contribution < -0.4 is 15.8 Å². The topological polar surface area (TPSA) is 77.2 Å². The van der Waals surface area contributed by atoms with Gasteiger partial charge in [-0.1, -0.05) is 71.2 Å². The maximum absolute atomic E-state index is 13.4. The highest BCUT2D eigenvalue weighted by Crippen LogP contribution is 2.43. The lowest BCUT2D eigenvalue weighted by Gasteiger charge is -2.11. The lowest BCUT2D eigenvalue weighted by molar-refractivity contribution is 0.103. The van der Waals surface area contributed by atoms with Crippen molar-refractivity contribution in [2.24, 2.45) is 0 Å². The van der Waals surface area contributed by atoms with Crippen molar-refractivity contribution in [1.82, 2.24) is 4.98 Å². The number of hydrogen-bond acceptors (Lipinski definition) is 5. The van der Waals surface area contributed by atoms with Crippen molar-refractivity contribution in [1.29, 1.82) is 0 Å². The van der Waals surface area contributed by atoms with Crippen LogP contribution in [-0.4, -0.2) is 18.0 Å². The van der Waals surface area contributed by atoms with Crippen LogP contribution in [0.4, 0.5) is 11.4 Å². The zero-order valence-corrected chi connectivity index (χ0v) is 21.8. The number of thiophene rings is 1. The van der Waals surface area contributed by atoms with E-state index in [4.69, 9.17) is 38.7 Å². The molecule has 0 saturated heterocycles. The van der Waals surface area contributed by atoms with E-state index < -0.39 is 0 Å². The number of aromatic nitrogens is 1. The van der Waals surface area contributed by atoms with E-state index in [9.17, 15) is 4.79 Å². The van der Waals surface area contributed by atoms with Crippen molar-refractivity contribution in [3.8, 4) is 28.1 Å². The van der Waals surface area contributed by atoms with E-state index in [1.807, 2.05) is 61.5 Å². The van der Waals surface area contributed by atoms with Crippen LogP contribution in [-0.2, 0) is 0 Å². The molecule has 0 saturated carbocycles. The van der Waals surface area contributed by atoms with Crippen molar-refractivity contribution >= 4 is 62.0 Å². The molecule has 0 atom stereocenters. The summed E-state index contributed by atoms with van der Waals surface area (Å²) < 4.78 is 5.36. The third-order valence-electron chi connectivity index (χ3n) is 5.83. The van der Waals surface area contributed by atoms with Gasteiger partial charge in [-0.05, 0) is 42.8 Å². The first-order chi connectivity index (χ1) is 17.4. The summed E-state index contributed by atoms with van der Waals surface area (Å²) in [6.45, 7) is 2.04. The quantitative estimate of drug-likeness (QED) is 0.239. The fourth-order valence-electron chi connectivity index (χ4n) is 4.01. The molecular weight excluding hydrogens is 513 g/mol. The summed E-state index contributed by atoms with van der Waals surface area (Å²) >= 11 is 14.0. The maximum Gasteiger partial charge on any atom is 0.268 e. The minimum Gasteiger partial charge on any atom is -0.495 e. The average Bonchev–Trinajstić information content (AvgIpc) is 3.21. The molecule has 0 bridgehead atoms. The van der Waals surface area contributed by atoms with Gasteiger partial charge in [0.25, 0.3) is 5.91 Å². The Balaban J connectivity index is 1.68. The number of carbonyl (C=O) groups is 1. The number of ether oxygens (including phenoxy) is 1. The van der Waals surface area contributed by atoms with Crippen LogP contribution in [0.1, 0.15) is 15.2 Å². The highest BCUT2D eigenvalue weighted by molar-refractivity contribution is 7.21. The van der Waals surface area contributed by atoms with Crippen molar-refractivity contribution in [3.63, 3.8) is 0 Å². The summed E-state index contributed by atoms with van der Waals surface area (Å²) in [6, 6.07) is 22.7. The van der Waals surface area contributed by atoms with Crippen LogP contribution in [0.3, 0.4) is 0 Å². The molecule has 180 valence electrons. The molecule has 1 amide bonds. The molecule has 0 aliphatic carbocycles. The molecule has 5 aromatic rings. The molecule has 0 spiro atoms. The van der Waals surface area contributed by atoms with E-state index in [0.717, 1.165) is 27.9 Å². The zero-order valence-electron chi connectivity index (χ0n) is 19.4. The highest BCUT2D eigenvalue weighted by Gasteiger charge is 2.23. The van der Waals surface area contributed by atoms with Crippen LogP contribution in [0.25, 0.3) is 32.6 Å². The van der Waals surface area contributed by atoms with Crippen molar-refractivity contribution in [2.75, 3.05) is 18.2 Å². The van der Waals surface area contributed by atoms with Crippen LogP contribution in [0.15, 0.2) is 72.8 Å². The van der Waals surface area contributed by atoms with Crippen LogP contribution in [0.5, 0.6) is 5.75 Å². The summed E-state index contributed by atoms with van der Waals surface area (Å²) in [7, 11) is 1.53. The van der Waals surface area contributed by atoms with E-state index >= 15 is 0 Å². The molecule has 5 nitrogen and oxygen atoms in total. The second kappa shape index (κ2) is 9.82. The Morgan fingerprint density at radius 3 is 2.47 bits per heavy atom. The first kappa shape index (κ1) is 24.1. The van der Waals surface area contributed by atoms with Gasteiger partial charge in [0, 0.05) is 26.6 Å². The number of hydrogen-bond donors (Lipinski definition) is 2. The molecule has 0 unspecified atom stereocenters. The molecule has 3 N–H and O–H groups in total. The summed E-state index contributed by atoms with van der Waals surface area (Å²) in [4.78, 5) is 19.2. The predicted octanol–water partition coefficient (Wildman–Crippen LogP) is 8.09. The van der Waals surface area contributed by atoms with Gasteiger partial charge < -0.3 is 15.8 Å². The second-order valence-electron chi connectivity index (χ2n) is 8.22. The molecule has 0 aliphatic rings. The van der Waals surface area contributed by atoms with E-state index in [1.165, 1.54) is 18.4 Å². The number of nitrogens with zero attached hydrogens (tertiary/aromatic N) is 1. The van der Waals surface area contributed by atoms with Crippen LogP contribution in [0, 0.1) is 6.92 Å². The van der Waals surface area contributed by atoms with Gasteiger partial charge >= 0.3 is 0 Å². The predicted molar refractivity (Wildman–Crippen MR) is 151 cm³/mol. The number of anilines is 2. The van der Waals surface area contributed by atoms with Crippen molar-refractivity contribution in [3.05, 3.63) is 93.3 Å². The lowest BCUT2D eigenvalue weighted by atomic mass is 9.99. The van der Waals surface area contributed by atoms with Gasteiger partial charge in [0.05, 0.1) is 24.2 Å². The van der Waals surface area contributed by atoms with Gasteiger partial charge in [-0.3, -0.25) is 4.79 Å². The monoisotopic (exact) mass is 533 g/mol. The van der Waals surface area contributed by atoms with Gasteiger partial charge in [-0.25, -0.2) is 4.98 Å². The Kier molecular flexibility index (Phi) is 6.58. The summed E-state index contributed by atoms with van der Waals surface area (Å²) in [5, 5.41) is 4.62. The fraction of sp³-hybridized carbons (Fsp3) is 0.0714. The normalized spacial score (nSPS) is 11.0. The maximum atomic E-state index is 13.4. The van der Waals surface area contributed by atoms with Gasteiger partial charge in [-0.2, -0.15) is 0 Å². The standard InChI is InChI=1S/C28H21Cl2N3O2S/c1-15-7-9-16(10-8-15)21-14-19(18-5-3-4-6-20(18)30)24-25(31)26(36-28(24)33-21)27(34)32-22-13-17(29)11-12-23(22)35-2/h3-14H,31H2,1-2H3,(H,32,34). The van der Waals surface area contributed by atoms with E-state index in [2.05, 4.69) is 5.32 Å². The van der Waals surface area contributed by atoms with Gasteiger partial charge in [0.2, 0.25) is 0 Å². The summed E-state index contributed by atoms with van der Waals surface area (Å²) in [6.07, 6.45) is 0. The molecule has 0 fully saturated rings. The molecule has 2 heterocycles. The van der Waals surface area contributed by atoms with Crippen molar-refractivity contribution in [2.45, 2.75) is 6.92 Å². The van der Waals surface area contributed by atoms with Gasteiger partial charge in [0.15, 0.2) is 0 Å². The van der Waals surface area contributed by atoms with Crippen molar-refractivity contribution < 1.29 is 9.53 Å². The number of rotatable bonds is 5. The molecular formula is C28H21Cl2N3O2S. The Morgan fingerprint density at radius 1 is 1.00 bits per heavy atom. The largest absolute Gasteiger partial charge is 0.495 e. The van der Waals surface area contributed by atoms with Crippen LogP contribution >= 0.6 is 34.5 Å². The third kappa shape index (κ3) is 4.51. The number of amides is 1. The molecule has 0 aliphatic heterocycles. The molecule has 0 radical (unpaired) electrons. The second-order valence-corrected chi connectivity index (χ2v) is 10.1. The smallest absolute Gasteiger partial charge is 0.268 e. The van der Waals surface area contributed by atoms with Gasteiger partial charge in [-0.15, -0.1) is 11.3 Å². The van der Waals surface area contributed by atoms with E-state index in [0.29, 0.717) is 42.3 Å². The Hall–Kier alpha value is -3.58. The third-order valence-corrected chi connectivity index (χ3v) is 7.49. The van der Waals surface area contributed by atoms with E-state index in [-0.39, 0.29) is 5.91 Å². The number of aryl methyl sites for hydroxylation is 1. The number of methoxy groups -OCH3 is 1. The minimum atomic E-state index is -0.377. The number of carbonyl (C=O) groups excluding carboxylic acids is 1. The fourth-order valence-corrected chi connectivity index (χ4v) is 5.44. The Morgan fingerprint density at radius 2 is 1.75 bits per heavy atom. The number of fused-ring (bicyclic) bond motifs is 1. The molecule has 8 heteroatoms. The average molecular weight is 534 g/mol. The Labute approximate surface area is 222 Å². The highest BCUT2D eigenvalue weighted by atomic mass is 35.5. The van der Waals surface area contributed by atoms with Crippen LogP contribution in [0.2, 0.25) is 10.0 Å². The molecule has 36 heavy (non-hydrogen) atoms. The number of pyridine rings is 1. The number of benzene rings is 3. The number of nitrogens with two attached hydrogens (primary N) is 1. The first-order valence-electron chi connectivity index (χ1n) is 11.1. The number of halogens is 2. The Bertz CT molecular complexity index is 1610.